The van der Waals surface area contributed by atoms with E-state index < -0.39 is 17.8 Å². The number of para-hydroxylation sites is 1. The van der Waals surface area contributed by atoms with Gasteiger partial charge in [0.05, 0.1) is 17.8 Å². The number of halogens is 3. The van der Waals surface area contributed by atoms with Crippen LogP contribution in [-0.2, 0) is 11.0 Å². The fourth-order valence-electron chi connectivity index (χ4n) is 2.51. The van der Waals surface area contributed by atoms with Crippen molar-refractivity contribution in [2.24, 2.45) is 0 Å². The molecule has 2 aromatic rings. The number of hydrogen-bond donors (Lipinski definition) is 0. The third-order valence-corrected chi connectivity index (χ3v) is 3.68. The van der Waals surface area contributed by atoms with Crippen LogP contribution in [0, 0.1) is 0 Å². The summed E-state index contributed by atoms with van der Waals surface area (Å²) in [6.45, 7) is 2.61. The zero-order valence-corrected chi connectivity index (χ0v) is 12.5. The molecule has 0 fully saturated rings. The Morgan fingerprint density at radius 1 is 1.00 bits per heavy atom. The SMILES string of the molecule is CC1=CC(c2ccc(C(F)(F)F)cc2)ON(c2ccccc2)C1. The number of hydrogen-bond acceptors (Lipinski definition) is 2. The number of hydroxylamine groups is 1. The fourth-order valence-corrected chi connectivity index (χ4v) is 2.51. The van der Waals surface area contributed by atoms with E-state index in [2.05, 4.69) is 0 Å². The van der Waals surface area contributed by atoms with Crippen molar-refractivity contribution in [2.45, 2.75) is 19.2 Å². The van der Waals surface area contributed by atoms with Crippen molar-refractivity contribution in [3.63, 3.8) is 0 Å². The Morgan fingerprint density at radius 3 is 2.26 bits per heavy atom. The van der Waals surface area contributed by atoms with Crippen molar-refractivity contribution in [1.82, 2.24) is 0 Å². The Hall–Kier alpha value is -2.27. The van der Waals surface area contributed by atoms with Crippen molar-refractivity contribution in [2.75, 3.05) is 11.6 Å². The highest BCUT2D eigenvalue weighted by molar-refractivity contribution is 5.46. The monoisotopic (exact) mass is 319 g/mol. The standard InChI is InChI=1S/C18H16F3NO/c1-13-11-17(14-7-9-15(10-8-14)18(19,20)21)23-22(12-13)16-5-3-2-4-6-16/h2-11,17H,12H2,1H3. The molecule has 1 atom stereocenters. The van der Waals surface area contributed by atoms with Crippen LogP contribution < -0.4 is 5.06 Å². The molecule has 2 aromatic carbocycles. The summed E-state index contributed by atoms with van der Waals surface area (Å²) >= 11 is 0. The molecule has 1 aliphatic rings. The van der Waals surface area contributed by atoms with E-state index in [9.17, 15) is 13.2 Å². The molecule has 5 heteroatoms. The van der Waals surface area contributed by atoms with Crippen molar-refractivity contribution in [3.8, 4) is 0 Å². The smallest absolute Gasteiger partial charge is 0.261 e. The second kappa shape index (κ2) is 6.08. The average Bonchev–Trinajstić information content (AvgIpc) is 2.54. The molecule has 0 amide bonds. The first-order valence-electron chi connectivity index (χ1n) is 7.27. The predicted octanol–water partition coefficient (Wildman–Crippen LogP) is 5.14. The quantitative estimate of drug-likeness (QED) is 0.710. The summed E-state index contributed by atoms with van der Waals surface area (Å²) < 4.78 is 38.0. The number of nitrogens with zero attached hydrogens (tertiary/aromatic N) is 1. The average molecular weight is 319 g/mol. The minimum Gasteiger partial charge on any atom is -0.261 e. The van der Waals surface area contributed by atoms with E-state index in [1.54, 1.807) is 5.06 Å². The summed E-state index contributed by atoms with van der Waals surface area (Å²) in [7, 11) is 0. The lowest BCUT2D eigenvalue weighted by molar-refractivity contribution is -0.137. The van der Waals surface area contributed by atoms with E-state index >= 15 is 0 Å². The van der Waals surface area contributed by atoms with Gasteiger partial charge in [0.1, 0.15) is 6.10 Å². The first-order valence-corrected chi connectivity index (χ1v) is 7.27. The van der Waals surface area contributed by atoms with Gasteiger partial charge in [-0.05, 0) is 42.8 Å². The van der Waals surface area contributed by atoms with Gasteiger partial charge in [0.25, 0.3) is 0 Å². The molecular formula is C18H16F3NO. The summed E-state index contributed by atoms with van der Waals surface area (Å²) in [4.78, 5) is 5.93. The van der Waals surface area contributed by atoms with E-state index in [1.807, 2.05) is 43.3 Å². The molecule has 3 rings (SSSR count). The maximum Gasteiger partial charge on any atom is 0.416 e. The van der Waals surface area contributed by atoms with Gasteiger partial charge in [0, 0.05) is 0 Å². The van der Waals surface area contributed by atoms with E-state index in [0.29, 0.717) is 12.1 Å². The maximum absolute atomic E-state index is 12.7. The Morgan fingerprint density at radius 2 is 1.65 bits per heavy atom. The van der Waals surface area contributed by atoms with Crippen LogP contribution in [0.15, 0.2) is 66.2 Å². The van der Waals surface area contributed by atoms with Crippen LogP contribution in [0.25, 0.3) is 0 Å². The second-order valence-corrected chi connectivity index (χ2v) is 5.53. The number of benzene rings is 2. The topological polar surface area (TPSA) is 12.5 Å². The van der Waals surface area contributed by atoms with Crippen LogP contribution in [-0.4, -0.2) is 6.54 Å². The van der Waals surface area contributed by atoms with Crippen molar-refractivity contribution >= 4 is 5.69 Å². The molecule has 0 spiro atoms. The predicted molar refractivity (Wildman–Crippen MR) is 82.8 cm³/mol. The Kier molecular flexibility index (Phi) is 4.13. The summed E-state index contributed by atoms with van der Waals surface area (Å²) in [5.74, 6) is 0. The van der Waals surface area contributed by atoms with Gasteiger partial charge in [-0.1, -0.05) is 35.9 Å². The van der Waals surface area contributed by atoms with Crippen molar-refractivity contribution in [1.29, 1.82) is 0 Å². The molecule has 1 heterocycles. The van der Waals surface area contributed by atoms with Gasteiger partial charge in [-0.2, -0.15) is 13.2 Å². The Balaban J connectivity index is 1.83. The molecule has 0 bridgehead atoms. The Bertz CT molecular complexity index is 692. The van der Waals surface area contributed by atoms with Gasteiger partial charge in [0.15, 0.2) is 0 Å². The largest absolute Gasteiger partial charge is 0.416 e. The highest BCUT2D eigenvalue weighted by Crippen LogP contribution is 2.33. The fraction of sp³-hybridized carbons (Fsp3) is 0.222. The zero-order valence-electron chi connectivity index (χ0n) is 12.5. The van der Waals surface area contributed by atoms with E-state index in [-0.39, 0.29) is 0 Å². The molecule has 0 N–H and O–H groups in total. The summed E-state index contributed by atoms with van der Waals surface area (Å²) in [5.41, 5.74) is 2.05. The second-order valence-electron chi connectivity index (χ2n) is 5.53. The summed E-state index contributed by atoms with van der Waals surface area (Å²) in [5, 5.41) is 1.76. The normalized spacial score (nSPS) is 18.7. The molecule has 1 aliphatic heterocycles. The van der Waals surface area contributed by atoms with Crippen LogP contribution in [0.3, 0.4) is 0 Å². The van der Waals surface area contributed by atoms with Gasteiger partial charge in [-0.25, -0.2) is 5.06 Å². The molecule has 1 unspecified atom stereocenters. The summed E-state index contributed by atoms with van der Waals surface area (Å²) in [6, 6.07) is 14.7. The first kappa shape index (κ1) is 15.6. The van der Waals surface area contributed by atoms with Crippen molar-refractivity contribution < 1.29 is 18.0 Å². The van der Waals surface area contributed by atoms with Gasteiger partial charge >= 0.3 is 6.18 Å². The molecule has 0 radical (unpaired) electrons. The van der Waals surface area contributed by atoms with Gasteiger partial charge in [0.2, 0.25) is 0 Å². The van der Waals surface area contributed by atoms with E-state index in [0.717, 1.165) is 23.4 Å². The molecule has 0 saturated heterocycles. The van der Waals surface area contributed by atoms with E-state index in [4.69, 9.17) is 4.84 Å². The third kappa shape index (κ3) is 3.56. The highest BCUT2D eigenvalue weighted by Gasteiger charge is 2.30. The van der Waals surface area contributed by atoms with Crippen LogP contribution in [0.4, 0.5) is 18.9 Å². The van der Waals surface area contributed by atoms with Gasteiger partial charge in [-0.3, -0.25) is 4.84 Å². The lowest BCUT2D eigenvalue weighted by atomic mass is 10.0. The summed E-state index contributed by atoms with van der Waals surface area (Å²) in [6.07, 6.45) is -2.79. The Labute approximate surface area is 132 Å². The van der Waals surface area contributed by atoms with Crippen LogP contribution in [0.1, 0.15) is 24.2 Å². The maximum atomic E-state index is 12.7. The van der Waals surface area contributed by atoms with Crippen molar-refractivity contribution in [3.05, 3.63) is 77.4 Å². The van der Waals surface area contributed by atoms with Crippen LogP contribution in [0.2, 0.25) is 0 Å². The lowest BCUT2D eigenvalue weighted by Gasteiger charge is -2.32. The molecule has 23 heavy (non-hydrogen) atoms. The third-order valence-electron chi connectivity index (χ3n) is 3.68. The van der Waals surface area contributed by atoms with E-state index in [1.165, 1.54) is 12.1 Å². The number of alkyl halides is 3. The molecular weight excluding hydrogens is 303 g/mol. The molecule has 0 saturated carbocycles. The molecule has 120 valence electrons. The van der Waals surface area contributed by atoms with Crippen LogP contribution >= 0.6 is 0 Å². The van der Waals surface area contributed by atoms with Gasteiger partial charge in [-0.15, -0.1) is 0 Å². The number of rotatable bonds is 2. The number of anilines is 1. The highest BCUT2D eigenvalue weighted by atomic mass is 19.4. The molecule has 0 aliphatic carbocycles. The minimum atomic E-state index is -4.33. The zero-order chi connectivity index (χ0) is 16.4. The van der Waals surface area contributed by atoms with Gasteiger partial charge < -0.3 is 0 Å². The lowest BCUT2D eigenvalue weighted by Crippen LogP contribution is -2.31. The van der Waals surface area contributed by atoms with Crippen LogP contribution in [0.5, 0.6) is 0 Å². The molecule has 2 nitrogen and oxygen atoms in total. The molecule has 0 aromatic heterocycles. The minimum absolute atomic E-state index is 0.397. The first-order chi connectivity index (χ1) is 10.9.